The molecule has 5 heteroatoms. The highest BCUT2D eigenvalue weighted by Gasteiger charge is 2.28. The molecule has 4 aromatic carbocycles. The van der Waals surface area contributed by atoms with E-state index in [1.165, 1.54) is 0 Å². The van der Waals surface area contributed by atoms with Crippen molar-refractivity contribution in [1.29, 1.82) is 0 Å². The van der Waals surface area contributed by atoms with Gasteiger partial charge in [-0.1, -0.05) is 84.9 Å². The second-order valence-corrected chi connectivity index (χ2v) is 9.63. The van der Waals surface area contributed by atoms with Gasteiger partial charge in [0.25, 0.3) is 0 Å². The van der Waals surface area contributed by atoms with Crippen molar-refractivity contribution in [3.63, 3.8) is 0 Å². The molecule has 0 atom stereocenters. The molecule has 0 radical (unpaired) electrons. The molecule has 0 aliphatic carbocycles. The van der Waals surface area contributed by atoms with Crippen LogP contribution in [0.15, 0.2) is 121 Å². The fourth-order valence-corrected chi connectivity index (χ4v) is 5.67. The summed E-state index contributed by atoms with van der Waals surface area (Å²) in [4.78, 5) is 13.3. The van der Waals surface area contributed by atoms with Gasteiger partial charge in [0.15, 0.2) is 11.5 Å². The molecular formula is C31H17IO4. The summed E-state index contributed by atoms with van der Waals surface area (Å²) < 4.78 is 19.9. The van der Waals surface area contributed by atoms with E-state index >= 15 is 0 Å². The van der Waals surface area contributed by atoms with Gasteiger partial charge in [-0.25, -0.2) is 4.79 Å². The van der Waals surface area contributed by atoms with Gasteiger partial charge in [-0.05, 0) is 40.8 Å². The minimum Gasteiger partial charge on any atom is -0.455 e. The van der Waals surface area contributed by atoms with E-state index in [2.05, 4.69) is 22.6 Å². The van der Waals surface area contributed by atoms with Crippen molar-refractivity contribution in [1.82, 2.24) is 0 Å². The second-order valence-electron chi connectivity index (χ2n) is 8.55. The Kier molecular flexibility index (Phi) is 4.85. The van der Waals surface area contributed by atoms with E-state index in [1.54, 1.807) is 6.07 Å². The van der Waals surface area contributed by atoms with Crippen molar-refractivity contribution >= 4 is 55.3 Å². The number of hydrogen-bond acceptors (Lipinski definition) is 4. The normalized spacial score (nSPS) is 11.6. The lowest BCUT2D eigenvalue weighted by molar-refractivity contribution is 0.532. The first-order valence-corrected chi connectivity index (χ1v) is 12.6. The number of halogens is 1. The minimum absolute atomic E-state index is 0.403. The van der Waals surface area contributed by atoms with Crippen molar-refractivity contribution in [3.8, 4) is 34.0 Å². The SMILES string of the molecule is O=c1oc(-c2c(-c3ccccc3)oc3ccccc23)c(-c2oc3ccccc3c2I)c2ccccc12. The highest BCUT2D eigenvalue weighted by molar-refractivity contribution is 14.1. The van der Waals surface area contributed by atoms with Crippen LogP contribution in [0.4, 0.5) is 0 Å². The van der Waals surface area contributed by atoms with Gasteiger partial charge in [0, 0.05) is 21.7 Å². The van der Waals surface area contributed by atoms with Crippen molar-refractivity contribution in [3.05, 3.63) is 117 Å². The molecular weight excluding hydrogens is 563 g/mol. The molecule has 4 nitrogen and oxygen atoms in total. The van der Waals surface area contributed by atoms with Crippen LogP contribution in [0.5, 0.6) is 0 Å². The van der Waals surface area contributed by atoms with Gasteiger partial charge in [0.2, 0.25) is 0 Å². The highest BCUT2D eigenvalue weighted by atomic mass is 127. The zero-order valence-corrected chi connectivity index (χ0v) is 21.0. The lowest BCUT2D eigenvalue weighted by Crippen LogP contribution is -2.03. The van der Waals surface area contributed by atoms with Gasteiger partial charge < -0.3 is 13.3 Å². The van der Waals surface area contributed by atoms with Gasteiger partial charge in [-0.15, -0.1) is 0 Å². The summed E-state index contributed by atoms with van der Waals surface area (Å²) in [5.41, 5.74) is 3.44. The van der Waals surface area contributed by atoms with E-state index in [-0.39, 0.29) is 0 Å². The summed E-state index contributed by atoms with van der Waals surface area (Å²) >= 11 is 2.31. The van der Waals surface area contributed by atoms with Crippen molar-refractivity contribution < 1.29 is 13.3 Å². The standard InChI is InChI=1S/C31H17IO4/c32-27-22-15-7-9-17-24(22)35-30(27)25-19-12-4-5-13-20(19)31(33)36-29(25)26-21-14-6-8-16-23(21)34-28(26)18-10-2-1-3-11-18/h1-17H. The maximum Gasteiger partial charge on any atom is 0.344 e. The van der Waals surface area contributed by atoms with E-state index < -0.39 is 5.63 Å². The Morgan fingerprint density at radius 2 is 1.00 bits per heavy atom. The number of fused-ring (bicyclic) bond motifs is 3. The van der Waals surface area contributed by atoms with Crippen LogP contribution in [0.2, 0.25) is 0 Å². The number of rotatable bonds is 3. The molecule has 3 aromatic heterocycles. The Hall–Kier alpha value is -4.10. The Morgan fingerprint density at radius 1 is 0.472 bits per heavy atom. The maximum atomic E-state index is 13.3. The van der Waals surface area contributed by atoms with Crippen LogP contribution in [-0.2, 0) is 0 Å². The Morgan fingerprint density at radius 3 is 1.72 bits per heavy atom. The predicted octanol–water partition coefficient (Wildman–Crippen LogP) is 8.89. The number of benzene rings is 4. The third-order valence-electron chi connectivity index (χ3n) is 6.46. The molecule has 0 unspecified atom stereocenters. The van der Waals surface area contributed by atoms with E-state index in [4.69, 9.17) is 13.3 Å². The van der Waals surface area contributed by atoms with Crippen molar-refractivity contribution in [2.45, 2.75) is 0 Å². The first kappa shape index (κ1) is 21.2. The van der Waals surface area contributed by atoms with Crippen LogP contribution < -0.4 is 5.63 Å². The van der Waals surface area contributed by atoms with Crippen LogP contribution in [-0.4, -0.2) is 0 Å². The third-order valence-corrected chi connectivity index (χ3v) is 7.53. The predicted molar refractivity (Wildman–Crippen MR) is 151 cm³/mol. The third kappa shape index (κ3) is 3.16. The summed E-state index contributed by atoms with van der Waals surface area (Å²) in [6, 6.07) is 33.1. The molecule has 3 heterocycles. The summed E-state index contributed by atoms with van der Waals surface area (Å²) in [6.07, 6.45) is 0. The summed E-state index contributed by atoms with van der Waals surface area (Å²) in [6.45, 7) is 0. The lowest BCUT2D eigenvalue weighted by atomic mass is 9.96. The second kappa shape index (κ2) is 8.24. The first-order valence-electron chi connectivity index (χ1n) is 11.5. The zero-order valence-electron chi connectivity index (χ0n) is 18.8. The lowest BCUT2D eigenvalue weighted by Gasteiger charge is -2.11. The number of hydrogen-bond donors (Lipinski definition) is 0. The molecule has 0 aliphatic heterocycles. The molecule has 7 aromatic rings. The molecule has 172 valence electrons. The monoisotopic (exact) mass is 580 g/mol. The van der Waals surface area contributed by atoms with Gasteiger partial charge in [0.1, 0.15) is 16.9 Å². The summed E-state index contributed by atoms with van der Waals surface area (Å²) in [5.74, 6) is 1.73. The summed E-state index contributed by atoms with van der Waals surface area (Å²) in [7, 11) is 0. The molecule has 7 rings (SSSR count). The first-order chi connectivity index (χ1) is 17.7. The topological polar surface area (TPSA) is 56.5 Å². The quantitative estimate of drug-likeness (QED) is 0.196. The Balaban J connectivity index is 1.68. The van der Waals surface area contributed by atoms with E-state index in [0.29, 0.717) is 28.2 Å². The molecule has 0 amide bonds. The maximum absolute atomic E-state index is 13.3. The number of para-hydroxylation sites is 2. The Bertz CT molecular complexity index is 1980. The highest BCUT2D eigenvalue weighted by Crippen LogP contribution is 2.48. The molecule has 36 heavy (non-hydrogen) atoms. The minimum atomic E-state index is -0.403. The van der Waals surface area contributed by atoms with Crippen molar-refractivity contribution in [2.24, 2.45) is 0 Å². The van der Waals surface area contributed by atoms with E-state index in [0.717, 1.165) is 42.0 Å². The molecule has 0 N–H and O–H groups in total. The van der Waals surface area contributed by atoms with E-state index in [9.17, 15) is 4.79 Å². The molecule has 0 saturated carbocycles. The smallest absolute Gasteiger partial charge is 0.344 e. The van der Waals surface area contributed by atoms with Crippen molar-refractivity contribution in [2.75, 3.05) is 0 Å². The van der Waals surface area contributed by atoms with Crippen LogP contribution >= 0.6 is 22.6 Å². The van der Waals surface area contributed by atoms with Gasteiger partial charge in [-0.2, -0.15) is 0 Å². The number of furan rings is 2. The van der Waals surface area contributed by atoms with Crippen LogP contribution in [0.25, 0.3) is 66.7 Å². The van der Waals surface area contributed by atoms with Gasteiger partial charge in [-0.3, -0.25) is 0 Å². The van der Waals surface area contributed by atoms with Crippen LogP contribution in [0.1, 0.15) is 0 Å². The zero-order chi connectivity index (χ0) is 24.2. The van der Waals surface area contributed by atoms with Gasteiger partial charge >= 0.3 is 5.63 Å². The largest absolute Gasteiger partial charge is 0.455 e. The van der Waals surface area contributed by atoms with Gasteiger partial charge in [0.05, 0.1) is 20.1 Å². The van der Waals surface area contributed by atoms with Crippen LogP contribution in [0, 0.1) is 3.57 Å². The Labute approximate surface area is 218 Å². The van der Waals surface area contributed by atoms with Crippen LogP contribution in [0.3, 0.4) is 0 Å². The molecule has 0 fully saturated rings. The fraction of sp³-hybridized carbons (Fsp3) is 0. The van der Waals surface area contributed by atoms with E-state index in [1.807, 2.05) is 97.1 Å². The molecule has 0 saturated heterocycles. The average molecular weight is 580 g/mol. The average Bonchev–Trinajstić information content (AvgIpc) is 3.47. The molecule has 0 bridgehead atoms. The molecule has 0 spiro atoms. The summed E-state index contributed by atoms with van der Waals surface area (Å²) in [5, 5.41) is 3.14. The fourth-order valence-electron chi connectivity index (χ4n) is 4.84. The molecule has 0 aliphatic rings.